The van der Waals surface area contributed by atoms with Gasteiger partial charge in [-0.2, -0.15) is 0 Å². The maximum absolute atomic E-state index is 10.9. The summed E-state index contributed by atoms with van der Waals surface area (Å²) in [6.07, 6.45) is 0. The average molecular weight is 268 g/mol. The summed E-state index contributed by atoms with van der Waals surface area (Å²) in [5.41, 5.74) is 0.394. The van der Waals surface area contributed by atoms with E-state index in [1.54, 1.807) is 13.0 Å². The van der Waals surface area contributed by atoms with Crippen LogP contribution in [0.1, 0.15) is 35.7 Å². The van der Waals surface area contributed by atoms with Gasteiger partial charge in [-0.25, -0.2) is 4.79 Å². The molecule has 0 aliphatic carbocycles. The van der Waals surface area contributed by atoms with Crippen LogP contribution in [-0.2, 0) is 6.54 Å². The van der Waals surface area contributed by atoms with E-state index in [4.69, 9.17) is 9.52 Å². The fourth-order valence-corrected chi connectivity index (χ4v) is 2.28. The molecule has 0 unspecified atom stereocenters. The van der Waals surface area contributed by atoms with Crippen molar-refractivity contribution in [3.05, 3.63) is 23.2 Å². The highest BCUT2D eigenvalue weighted by molar-refractivity contribution is 5.88. The third-order valence-corrected chi connectivity index (χ3v) is 2.85. The molecule has 1 aromatic heterocycles. The second kappa shape index (κ2) is 6.21. The average Bonchev–Trinajstić information content (AvgIpc) is 2.57. The van der Waals surface area contributed by atoms with E-state index >= 15 is 0 Å². The Morgan fingerprint density at radius 1 is 1.47 bits per heavy atom. The highest BCUT2D eigenvalue weighted by atomic mass is 16.4. The van der Waals surface area contributed by atoms with Gasteiger partial charge in [-0.05, 0) is 32.5 Å². The summed E-state index contributed by atoms with van der Waals surface area (Å²) in [5, 5.41) is 12.3. The van der Waals surface area contributed by atoms with Gasteiger partial charge in [0.05, 0.1) is 6.54 Å². The summed E-state index contributed by atoms with van der Waals surface area (Å²) < 4.78 is 5.42. The summed E-state index contributed by atoms with van der Waals surface area (Å²) in [4.78, 5) is 13.1. The van der Waals surface area contributed by atoms with E-state index in [0.717, 1.165) is 13.1 Å². The van der Waals surface area contributed by atoms with Crippen molar-refractivity contribution >= 4 is 5.97 Å². The predicted octanol–water partition coefficient (Wildman–Crippen LogP) is 1.96. The van der Waals surface area contributed by atoms with Crippen molar-refractivity contribution in [2.75, 3.05) is 27.2 Å². The fraction of sp³-hybridized carbons (Fsp3) is 0.643. The van der Waals surface area contributed by atoms with E-state index in [9.17, 15) is 4.79 Å². The number of carboxylic acids is 1. The number of carboxylic acid groups (broad SMARTS) is 1. The zero-order chi connectivity index (χ0) is 14.6. The lowest BCUT2D eigenvalue weighted by Crippen LogP contribution is -2.37. The second-order valence-electron chi connectivity index (χ2n) is 5.99. The van der Waals surface area contributed by atoms with Crippen molar-refractivity contribution in [1.29, 1.82) is 0 Å². The zero-order valence-corrected chi connectivity index (χ0v) is 12.4. The van der Waals surface area contributed by atoms with E-state index in [1.165, 1.54) is 0 Å². The van der Waals surface area contributed by atoms with Gasteiger partial charge in [-0.1, -0.05) is 13.8 Å². The summed E-state index contributed by atoms with van der Waals surface area (Å²) in [7, 11) is 4.10. The van der Waals surface area contributed by atoms with Gasteiger partial charge >= 0.3 is 5.97 Å². The maximum atomic E-state index is 10.9. The Hall–Kier alpha value is -1.33. The second-order valence-corrected chi connectivity index (χ2v) is 5.99. The van der Waals surface area contributed by atoms with E-state index in [0.29, 0.717) is 18.1 Å². The van der Waals surface area contributed by atoms with Crippen molar-refractivity contribution < 1.29 is 14.3 Å². The van der Waals surface area contributed by atoms with E-state index in [2.05, 4.69) is 38.2 Å². The minimum atomic E-state index is -0.944. The van der Waals surface area contributed by atoms with Crippen LogP contribution in [0.2, 0.25) is 0 Å². The molecule has 0 bridgehead atoms. The standard InChI is InChI=1S/C14H24N2O3/c1-10-12(13(17)18)6-11(19-10)7-15-8-14(2,3)9-16(4)5/h6,15H,7-9H2,1-5H3,(H,17,18). The molecule has 5 nitrogen and oxygen atoms in total. The van der Waals surface area contributed by atoms with Crippen LogP contribution in [0.25, 0.3) is 0 Å². The Labute approximate surface area is 114 Å². The maximum Gasteiger partial charge on any atom is 0.339 e. The van der Waals surface area contributed by atoms with Gasteiger partial charge in [-0.3, -0.25) is 0 Å². The third kappa shape index (κ3) is 5.04. The molecule has 0 fully saturated rings. The minimum absolute atomic E-state index is 0.154. The molecule has 0 saturated heterocycles. The van der Waals surface area contributed by atoms with Gasteiger partial charge in [0.1, 0.15) is 17.1 Å². The lowest BCUT2D eigenvalue weighted by atomic mass is 9.93. The van der Waals surface area contributed by atoms with E-state index in [-0.39, 0.29) is 11.0 Å². The monoisotopic (exact) mass is 268 g/mol. The number of aryl methyl sites for hydroxylation is 1. The largest absolute Gasteiger partial charge is 0.478 e. The fourth-order valence-electron chi connectivity index (χ4n) is 2.28. The van der Waals surface area contributed by atoms with Crippen LogP contribution in [0.15, 0.2) is 10.5 Å². The molecular formula is C14H24N2O3. The summed E-state index contributed by atoms with van der Waals surface area (Å²) in [6, 6.07) is 1.59. The topological polar surface area (TPSA) is 65.7 Å². The summed E-state index contributed by atoms with van der Waals surface area (Å²) in [6.45, 7) is 8.42. The van der Waals surface area contributed by atoms with Crippen LogP contribution in [0.5, 0.6) is 0 Å². The Morgan fingerprint density at radius 3 is 2.58 bits per heavy atom. The van der Waals surface area contributed by atoms with Crippen LogP contribution in [0.4, 0.5) is 0 Å². The first-order chi connectivity index (χ1) is 8.71. The van der Waals surface area contributed by atoms with Crippen molar-refractivity contribution in [3.8, 4) is 0 Å². The first-order valence-corrected chi connectivity index (χ1v) is 6.39. The molecule has 0 radical (unpaired) electrons. The number of carbonyl (C=O) groups is 1. The number of furan rings is 1. The van der Waals surface area contributed by atoms with Crippen LogP contribution >= 0.6 is 0 Å². The molecular weight excluding hydrogens is 244 g/mol. The van der Waals surface area contributed by atoms with Gasteiger partial charge in [0.2, 0.25) is 0 Å². The molecule has 0 saturated carbocycles. The Bertz CT molecular complexity index is 436. The molecule has 0 aliphatic rings. The molecule has 1 heterocycles. The van der Waals surface area contributed by atoms with Gasteiger partial charge < -0.3 is 19.7 Å². The van der Waals surface area contributed by atoms with Crippen LogP contribution < -0.4 is 5.32 Å². The normalized spacial score (nSPS) is 12.1. The number of aromatic carboxylic acids is 1. The van der Waals surface area contributed by atoms with Crippen LogP contribution in [0.3, 0.4) is 0 Å². The highest BCUT2D eigenvalue weighted by Crippen LogP contribution is 2.17. The molecule has 108 valence electrons. The minimum Gasteiger partial charge on any atom is -0.478 e. The lowest BCUT2D eigenvalue weighted by molar-refractivity contribution is 0.0695. The molecule has 2 N–H and O–H groups in total. The summed E-state index contributed by atoms with van der Waals surface area (Å²) in [5.74, 6) is 0.174. The molecule has 19 heavy (non-hydrogen) atoms. The SMILES string of the molecule is Cc1oc(CNCC(C)(C)CN(C)C)cc1C(=O)O. The molecule has 1 rings (SSSR count). The van der Waals surface area contributed by atoms with Crippen molar-refractivity contribution in [2.24, 2.45) is 5.41 Å². The molecule has 0 spiro atoms. The highest BCUT2D eigenvalue weighted by Gasteiger charge is 2.19. The van der Waals surface area contributed by atoms with Gasteiger partial charge in [0.15, 0.2) is 0 Å². The van der Waals surface area contributed by atoms with Crippen molar-refractivity contribution in [1.82, 2.24) is 10.2 Å². The molecule has 0 amide bonds. The summed E-state index contributed by atoms with van der Waals surface area (Å²) >= 11 is 0. The first-order valence-electron chi connectivity index (χ1n) is 6.39. The molecule has 0 atom stereocenters. The Morgan fingerprint density at radius 2 is 2.11 bits per heavy atom. The number of nitrogens with zero attached hydrogens (tertiary/aromatic N) is 1. The smallest absolute Gasteiger partial charge is 0.339 e. The molecule has 0 aromatic carbocycles. The predicted molar refractivity (Wildman–Crippen MR) is 74.4 cm³/mol. The quantitative estimate of drug-likeness (QED) is 0.791. The number of rotatable bonds is 7. The molecule has 0 aliphatic heterocycles. The van der Waals surface area contributed by atoms with E-state index in [1.807, 2.05) is 0 Å². The lowest BCUT2D eigenvalue weighted by Gasteiger charge is -2.28. The number of hydrogen-bond donors (Lipinski definition) is 2. The van der Waals surface area contributed by atoms with Gasteiger partial charge in [0, 0.05) is 13.1 Å². The molecule has 1 aromatic rings. The van der Waals surface area contributed by atoms with Gasteiger partial charge in [0.25, 0.3) is 0 Å². The van der Waals surface area contributed by atoms with E-state index < -0.39 is 5.97 Å². The van der Waals surface area contributed by atoms with Crippen LogP contribution in [-0.4, -0.2) is 43.2 Å². The molecule has 5 heteroatoms. The number of nitrogens with one attached hydrogen (secondary N) is 1. The van der Waals surface area contributed by atoms with Crippen molar-refractivity contribution in [2.45, 2.75) is 27.3 Å². The number of hydrogen-bond acceptors (Lipinski definition) is 4. The Kier molecular flexibility index (Phi) is 5.14. The third-order valence-electron chi connectivity index (χ3n) is 2.85. The first kappa shape index (κ1) is 15.7. The van der Waals surface area contributed by atoms with Crippen LogP contribution in [0, 0.1) is 12.3 Å². The van der Waals surface area contributed by atoms with Gasteiger partial charge in [-0.15, -0.1) is 0 Å². The zero-order valence-electron chi connectivity index (χ0n) is 12.4. The Balaban J connectivity index is 2.49. The van der Waals surface area contributed by atoms with Crippen molar-refractivity contribution in [3.63, 3.8) is 0 Å².